The quantitative estimate of drug-likeness (QED) is 0.856. The predicted molar refractivity (Wildman–Crippen MR) is 71.6 cm³/mol. The number of nitrogens with zero attached hydrogens (tertiary/aromatic N) is 1. The van der Waals surface area contributed by atoms with Crippen molar-refractivity contribution in [3.8, 4) is 0 Å². The number of nitrogens with one attached hydrogen (secondary N) is 1. The summed E-state index contributed by atoms with van der Waals surface area (Å²) in [6.45, 7) is 1.52. The zero-order chi connectivity index (χ0) is 12.1. The highest BCUT2D eigenvalue weighted by Gasteiger charge is 2.00. The summed E-state index contributed by atoms with van der Waals surface area (Å²) in [7, 11) is 0. The molecule has 90 valence electrons. The molecule has 0 aliphatic carbocycles. The maximum Gasteiger partial charge on any atom is 0.137 e. The van der Waals surface area contributed by atoms with Crippen LogP contribution >= 0.6 is 27.3 Å². The van der Waals surface area contributed by atoms with Crippen LogP contribution < -0.4 is 5.32 Å². The second-order valence-electron chi connectivity index (χ2n) is 3.66. The molecule has 0 unspecified atom stereocenters. The number of hydrogen-bond donors (Lipinski definition) is 1. The molecule has 0 spiro atoms. The molecule has 0 aliphatic heterocycles. The predicted octanol–water partition coefficient (Wildman–Crippen LogP) is 3.38. The Kier molecular flexibility index (Phi) is 4.65. The Hall–Kier alpha value is -0.780. The first-order valence-electron chi connectivity index (χ1n) is 5.27. The smallest absolute Gasteiger partial charge is 0.137 e. The molecule has 0 saturated heterocycles. The van der Waals surface area contributed by atoms with E-state index < -0.39 is 0 Å². The summed E-state index contributed by atoms with van der Waals surface area (Å²) < 4.78 is 13.7. The summed E-state index contributed by atoms with van der Waals surface area (Å²) in [5.74, 6) is -0.219. The van der Waals surface area contributed by atoms with Gasteiger partial charge in [0.2, 0.25) is 0 Å². The van der Waals surface area contributed by atoms with Crippen LogP contribution in [0.15, 0.2) is 33.6 Å². The van der Waals surface area contributed by atoms with Crippen LogP contribution in [-0.4, -0.2) is 11.5 Å². The molecular weight excluding hydrogens is 303 g/mol. The monoisotopic (exact) mass is 314 g/mol. The molecule has 1 aromatic carbocycles. The van der Waals surface area contributed by atoms with Crippen molar-refractivity contribution in [2.45, 2.75) is 13.0 Å². The molecule has 2 aromatic rings. The number of aromatic nitrogens is 1. The molecule has 5 heteroatoms. The number of halogens is 2. The molecule has 0 amide bonds. The van der Waals surface area contributed by atoms with E-state index in [9.17, 15) is 4.39 Å². The van der Waals surface area contributed by atoms with Crippen molar-refractivity contribution in [1.82, 2.24) is 10.3 Å². The SMILES string of the molecule is Fc1cc(CNCCc2cscn2)ccc1Br. The van der Waals surface area contributed by atoms with Gasteiger partial charge in [-0.2, -0.15) is 0 Å². The van der Waals surface area contributed by atoms with Crippen molar-refractivity contribution in [3.63, 3.8) is 0 Å². The van der Waals surface area contributed by atoms with E-state index in [1.807, 2.05) is 17.0 Å². The number of thiazole rings is 1. The van der Waals surface area contributed by atoms with E-state index in [0.29, 0.717) is 11.0 Å². The van der Waals surface area contributed by atoms with Crippen LogP contribution in [0.2, 0.25) is 0 Å². The van der Waals surface area contributed by atoms with Crippen molar-refractivity contribution in [2.24, 2.45) is 0 Å². The van der Waals surface area contributed by atoms with Crippen molar-refractivity contribution < 1.29 is 4.39 Å². The molecule has 17 heavy (non-hydrogen) atoms. The molecule has 0 bridgehead atoms. The van der Waals surface area contributed by atoms with Gasteiger partial charge in [0.15, 0.2) is 0 Å². The minimum Gasteiger partial charge on any atom is -0.312 e. The summed E-state index contributed by atoms with van der Waals surface area (Å²) in [6.07, 6.45) is 0.905. The highest BCUT2D eigenvalue weighted by molar-refractivity contribution is 9.10. The standard InChI is InChI=1S/C12H12BrFN2S/c13-11-2-1-9(5-12(11)14)6-15-4-3-10-7-17-8-16-10/h1-2,5,7-8,15H,3-4,6H2. The second-order valence-corrected chi connectivity index (χ2v) is 5.23. The fraction of sp³-hybridized carbons (Fsp3) is 0.250. The molecule has 1 heterocycles. The van der Waals surface area contributed by atoms with Crippen LogP contribution in [0, 0.1) is 5.82 Å². The molecule has 0 fully saturated rings. The zero-order valence-corrected chi connectivity index (χ0v) is 11.5. The minimum atomic E-state index is -0.219. The molecular formula is C12H12BrFN2S. The summed E-state index contributed by atoms with van der Waals surface area (Å²) >= 11 is 4.74. The second kappa shape index (κ2) is 6.23. The van der Waals surface area contributed by atoms with E-state index in [4.69, 9.17) is 0 Å². The first-order chi connectivity index (χ1) is 8.25. The van der Waals surface area contributed by atoms with Crippen molar-refractivity contribution in [3.05, 3.63) is 50.6 Å². The van der Waals surface area contributed by atoms with E-state index in [0.717, 1.165) is 24.2 Å². The van der Waals surface area contributed by atoms with Gasteiger partial charge >= 0.3 is 0 Å². The fourth-order valence-corrected chi connectivity index (χ4v) is 2.30. The van der Waals surface area contributed by atoms with Gasteiger partial charge in [-0.3, -0.25) is 0 Å². The highest BCUT2D eigenvalue weighted by atomic mass is 79.9. The average molecular weight is 315 g/mol. The van der Waals surface area contributed by atoms with Crippen molar-refractivity contribution in [2.75, 3.05) is 6.54 Å². The Morgan fingerprint density at radius 1 is 1.41 bits per heavy atom. The molecule has 1 aromatic heterocycles. The van der Waals surface area contributed by atoms with Crippen LogP contribution in [0.4, 0.5) is 4.39 Å². The molecule has 0 atom stereocenters. The number of hydrogen-bond acceptors (Lipinski definition) is 3. The Morgan fingerprint density at radius 2 is 2.29 bits per heavy atom. The third-order valence-corrected chi connectivity index (χ3v) is 3.63. The Balaban J connectivity index is 1.76. The zero-order valence-electron chi connectivity index (χ0n) is 9.12. The van der Waals surface area contributed by atoms with Gasteiger partial charge in [-0.05, 0) is 33.6 Å². The van der Waals surface area contributed by atoms with Crippen LogP contribution in [0.1, 0.15) is 11.3 Å². The third-order valence-electron chi connectivity index (χ3n) is 2.35. The van der Waals surface area contributed by atoms with Gasteiger partial charge in [0.1, 0.15) is 5.82 Å². The largest absolute Gasteiger partial charge is 0.312 e. The van der Waals surface area contributed by atoms with Crippen LogP contribution in [0.25, 0.3) is 0 Å². The molecule has 0 radical (unpaired) electrons. The van der Waals surface area contributed by atoms with Gasteiger partial charge in [-0.1, -0.05) is 6.07 Å². The Labute approximate surface area is 112 Å². The number of benzene rings is 1. The van der Waals surface area contributed by atoms with Gasteiger partial charge < -0.3 is 5.32 Å². The van der Waals surface area contributed by atoms with Gasteiger partial charge in [0.25, 0.3) is 0 Å². The van der Waals surface area contributed by atoms with Crippen LogP contribution in [-0.2, 0) is 13.0 Å². The van der Waals surface area contributed by atoms with E-state index in [1.54, 1.807) is 23.5 Å². The summed E-state index contributed by atoms with van der Waals surface area (Å²) in [5.41, 5.74) is 3.88. The third kappa shape index (κ3) is 3.87. The fourth-order valence-electron chi connectivity index (χ4n) is 1.46. The van der Waals surface area contributed by atoms with Crippen molar-refractivity contribution in [1.29, 1.82) is 0 Å². The average Bonchev–Trinajstić information content (AvgIpc) is 2.82. The van der Waals surface area contributed by atoms with Gasteiger partial charge in [0.05, 0.1) is 15.7 Å². The van der Waals surface area contributed by atoms with Gasteiger partial charge in [-0.15, -0.1) is 11.3 Å². The van der Waals surface area contributed by atoms with Crippen LogP contribution in [0.3, 0.4) is 0 Å². The molecule has 0 saturated carbocycles. The lowest BCUT2D eigenvalue weighted by molar-refractivity contribution is 0.613. The molecule has 0 aliphatic rings. The summed E-state index contributed by atoms with van der Waals surface area (Å²) in [4.78, 5) is 4.20. The highest BCUT2D eigenvalue weighted by Crippen LogP contribution is 2.16. The molecule has 2 nitrogen and oxygen atoms in total. The summed E-state index contributed by atoms with van der Waals surface area (Å²) in [6, 6.07) is 5.18. The summed E-state index contributed by atoms with van der Waals surface area (Å²) in [5, 5.41) is 5.31. The van der Waals surface area contributed by atoms with E-state index in [1.165, 1.54) is 0 Å². The maximum absolute atomic E-state index is 13.2. The normalized spacial score (nSPS) is 10.7. The lowest BCUT2D eigenvalue weighted by Crippen LogP contribution is -2.16. The molecule has 2 rings (SSSR count). The van der Waals surface area contributed by atoms with E-state index in [2.05, 4.69) is 26.2 Å². The maximum atomic E-state index is 13.2. The Bertz CT molecular complexity index is 473. The number of rotatable bonds is 5. The Morgan fingerprint density at radius 3 is 3.00 bits per heavy atom. The lowest BCUT2D eigenvalue weighted by Gasteiger charge is -2.04. The van der Waals surface area contributed by atoms with E-state index >= 15 is 0 Å². The first kappa shape index (κ1) is 12.7. The van der Waals surface area contributed by atoms with Crippen molar-refractivity contribution >= 4 is 27.3 Å². The topological polar surface area (TPSA) is 24.9 Å². The van der Waals surface area contributed by atoms with Crippen LogP contribution in [0.5, 0.6) is 0 Å². The van der Waals surface area contributed by atoms with Gasteiger partial charge in [0, 0.05) is 24.9 Å². The van der Waals surface area contributed by atoms with E-state index in [-0.39, 0.29) is 5.82 Å². The first-order valence-corrected chi connectivity index (χ1v) is 7.01. The minimum absolute atomic E-state index is 0.219. The van der Waals surface area contributed by atoms with Gasteiger partial charge in [-0.25, -0.2) is 9.37 Å². The molecule has 1 N–H and O–H groups in total. The lowest BCUT2D eigenvalue weighted by atomic mass is 10.2.